The van der Waals surface area contributed by atoms with E-state index < -0.39 is 6.10 Å². The second kappa shape index (κ2) is 3.56. The lowest BCUT2D eigenvalue weighted by Gasteiger charge is -2.25. The topological polar surface area (TPSA) is 49.3 Å². The third-order valence-corrected chi connectivity index (χ3v) is 1.39. The predicted octanol–water partition coefficient (Wildman–Crippen LogP) is 0.139. The van der Waals surface area contributed by atoms with Gasteiger partial charge in [-0.2, -0.15) is 0 Å². The van der Waals surface area contributed by atoms with Gasteiger partial charge in [0, 0.05) is 6.54 Å². The van der Waals surface area contributed by atoms with Crippen molar-refractivity contribution in [2.24, 2.45) is 5.41 Å². The van der Waals surface area contributed by atoms with Crippen molar-refractivity contribution in [2.75, 3.05) is 6.54 Å². The fourth-order valence-electron chi connectivity index (χ4n) is 0.466. The monoisotopic (exact) mass is 145 g/mol. The Kier molecular flexibility index (Phi) is 3.36. The molecule has 0 aliphatic rings. The van der Waals surface area contributed by atoms with E-state index in [1.54, 1.807) is 0 Å². The highest BCUT2D eigenvalue weighted by atomic mass is 16.3. The number of nitrogens with one attached hydrogen (secondary N) is 1. The maximum Gasteiger partial charge on any atom is 0.207 e. The number of carbonyl (C=O) groups is 1. The molecule has 1 unspecified atom stereocenters. The second-order valence-electron chi connectivity index (χ2n) is 3.41. The smallest absolute Gasteiger partial charge is 0.207 e. The summed E-state index contributed by atoms with van der Waals surface area (Å²) >= 11 is 0. The molecule has 0 aromatic rings. The summed E-state index contributed by atoms with van der Waals surface area (Å²) in [6.07, 6.45) is 0.118. The van der Waals surface area contributed by atoms with Crippen LogP contribution in [0.5, 0.6) is 0 Å². The van der Waals surface area contributed by atoms with E-state index in [2.05, 4.69) is 5.32 Å². The number of rotatable bonds is 3. The summed E-state index contributed by atoms with van der Waals surface area (Å²) in [5.41, 5.74) is -0.157. The van der Waals surface area contributed by atoms with Crippen LogP contribution in [0.2, 0.25) is 0 Å². The third-order valence-electron chi connectivity index (χ3n) is 1.39. The van der Waals surface area contributed by atoms with E-state index in [4.69, 9.17) is 0 Å². The first-order chi connectivity index (χ1) is 4.48. The lowest BCUT2D eigenvalue weighted by Crippen LogP contribution is -2.35. The van der Waals surface area contributed by atoms with Crippen molar-refractivity contribution in [3.05, 3.63) is 0 Å². The quantitative estimate of drug-likeness (QED) is 0.555. The Bertz CT molecular complexity index is 107. The first-order valence-electron chi connectivity index (χ1n) is 3.33. The van der Waals surface area contributed by atoms with Gasteiger partial charge in [0.25, 0.3) is 0 Å². The number of aliphatic hydroxyl groups is 1. The zero-order chi connectivity index (χ0) is 8.20. The van der Waals surface area contributed by atoms with Gasteiger partial charge in [-0.1, -0.05) is 20.8 Å². The van der Waals surface area contributed by atoms with Gasteiger partial charge in [0.15, 0.2) is 0 Å². The van der Waals surface area contributed by atoms with E-state index >= 15 is 0 Å². The lowest BCUT2D eigenvalue weighted by atomic mass is 9.89. The van der Waals surface area contributed by atoms with Gasteiger partial charge >= 0.3 is 0 Å². The van der Waals surface area contributed by atoms with Crippen molar-refractivity contribution in [1.29, 1.82) is 0 Å². The molecule has 0 radical (unpaired) electrons. The van der Waals surface area contributed by atoms with Gasteiger partial charge in [0.1, 0.15) is 0 Å². The molecule has 0 aromatic carbocycles. The molecule has 0 saturated heterocycles. The van der Waals surface area contributed by atoms with Gasteiger partial charge in [-0.05, 0) is 5.41 Å². The van der Waals surface area contributed by atoms with Gasteiger partial charge < -0.3 is 10.4 Å². The molecule has 10 heavy (non-hydrogen) atoms. The summed E-state index contributed by atoms with van der Waals surface area (Å²) in [5.74, 6) is 0. The highest BCUT2D eigenvalue weighted by Gasteiger charge is 2.20. The van der Waals surface area contributed by atoms with Gasteiger partial charge in [-0.15, -0.1) is 0 Å². The Labute approximate surface area is 61.4 Å². The van der Waals surface area contributed by atoms with E-state index in [0.717, 1.165) is 0 Å². The molecule has 0 heterocycles. The molecule has 2 N–H and O–H groups in total. The van der Waals surface area contributed by atoms with E-state index in [9.17, 15) is 9.90 Å². The van der Waals surface area contributed by atoms with E-state index in [1.165, 1.54) is 0 Å². The van der Waals surface area contributed by atoms with Crippen molar-refractivity contribution in [2.45, 2.75) is 26.9 Å². The number of aliphatic hydroxyl groups excluding tert-OH is 1. The molecule has 0 rings (SSSR count). The molecule has 3 nitrogen and oxygen atoms in total. The molecule has 1 atom stereocenters. The standard InChI is InChI=1S/C7H15NO2/c1-7(2,3)6(10)4-8-5-9/h5-6,10H,4H2,1-3H3,(H,8,9). The minimum Gasteiger partial charge on any atom is -0.391 e. The first-order valence-corrected chi connectivity index (χ1v) is 3.33. The van der Waals surface area contributed by atoms with Crippen molar-refractivity contribution in [1.82, 2.24) is 5.32 Å². The van der Waals surface area contributed by atoms with Crippen molar-refractivity contribution in [3.8, 4) is 0 Å². The minimum atomic E-state index is -0.474. The number of amides is 1. The Morgan fingerprint density at radius 2 is 2.10 bits per heavy atom. The van der Waals surface area contributed by atoms with Crippen molar-refractivity contribution < 1.29 is 9.90 Å². The van der Waals surface area contributed by atoms with Crippen LogP contribution < -0.4 is 5.32 Å². The van der Waals surface area contributed by atoms with Crippen LogP contribution in [0, 0.1) is 5.41 Å². The zero-order valence-corrected chi connectivity index (χ0v) is 6.72. The second-order valence-corrected chi connectivity index (χ2v) is 3.41. The number of carbonyl (C=O) groups excluding carboxylic acids is 1. The molecule has 0 aliphatic carbocycles. The average molecular weight is 145 g/mol. The van der Waals surface area contributed by atoms with Crippen LogP contribution in [-0.2, 0) is 4.79 Å². The molecule has 0 aliphatic heterocycles. The van der Waals surface area contributed by atoms with Crippen LogP contribution in [0.15, 0.2) is 0 Å². The lowest BCUT2D eigenvalue weighted by molar-refractivity contribution is -0.110. The van der Waals surface area contributed by atoms with Crippen LogP contribution in [0.25, 0.3) is 0 Å². The molecule has 0 saturated carbocycles. The largest absolute Gasteiger partial charge is 0.391 e. The summed E-state index contributed by atoms with van der Waals surface area (Å²) in [4.78, 5) is 9.81. The Hall–Kier alpha value is -0.570. The van der Waals surface area contributed by atoms with Crippen molar-refractivity contribution >= 4 is 6.41 Å². The van der Waals surface area contributed by atoms with Gasteiger partial charge in [-0.25, -0.2) is 0 Å². The summed E-state index contributed by atoms with van der Waals surface area (Å²) in [6, 6.07) is 0. The molecule has 0 bridgehead atoms. The minimum absolute atomic E-state index is 0.157. The SMILES string of the molecule is CC(C)(C)C(O)CNC=O. The van der Waals surface area contributed by atoms with E-state index in [-0.39, 0.29) is 5.41 Å². The summed E-state index contributed by atoms with van der Waals surface area (Å²) in [5, 5.41) is 11.7. The van der Waals surface area contributed by atoms with Crippen LogP contribution in [0.1, 0.15) is 20.8 Å². The molecule has 0 fully saturated rings. The maximum atomic E-state index is 9.81. The molecule has 3 heteroatoms. The molecule has 60 valence electrons. The fraction of sp³-hybridized carbons (Fsp3) is 0.857. The van der Waals surface area contributed by atoms with Crippen LogP contribution in [-0.4, -0.2) is 24.2 Å². The molecule has 1 amide bonds. The summed E-state index contributed by atoms with van der Waals surface area (Å²) in [6.45, 7) is 6.09. The molecule has 0 aromatic heterocycles. The van der Waals surface area contributed by atoms with Gasteiger partial charge in [0.05, 0.1) is 6.10 Å². The Balaban J connectivity index is 3.61. The average Bonchev–Trinajstić information content (AvgIpc) is 1.80. The highest BCUT2D eigenvalue weighted by molar-refractivity contribution is 5.45. The zero-order valence-electron chi connectivity index (χ0n) is 6.72. The van der Waals surface area contributed by atoms with Crippen LogP contribution in [0.3, 0.4) is 0 Å². The van der Waals surface area contributed by atoms with Gasteiger partial charge in [0.2, 0.25) is 6.41 Å². The first kappa shape index (κ1) is 9.43. The van der Waals surface area contributed by atoms with E-state index in [1.807, 2.05) is 20.8 Å². The summed E-state index contributed by atoms with van der Waals surface area (Å²) < 4.78 is 0. The Morgan fingerprint density at radius 3 is 2.40 bits per heavy atom. The maximum absolute atomic E-state index is 9.81. The third kappa shape index (κ3) is 3.45. The normalized spacial score (nSPS) is 14.4. The van der Waals surface area contributed by atoms with Crippen LogP contribution >= 0.6 is 0 Å². The predicted molar refractivity (Wildman–Crippen MR) is 39.5 cm³/mol. The molecular weight excluding hydrogens is 130 g/mol. The Morgan fingerprint density at radius 1 is 1.60 bits per heavy atom. The molecule has 0 spiro atoms. The number of hydrogen-bond donors (Lipinski definition) is 2. The molecular formula is C7H15NO2. The van der Waals surface area contributed by atoms with Crippen molar-refractivity contribution in [3.63, 3.8) is 0 Å². The fourth-order valence-corrected chi connectivity index (χ4v) is 0.466. The van der Waals surface area contributed by atoms with E-state index in [0.29, 0.717) is 13.0 Å². The van der Waals surface area contributed by atoms with Crippen LogP contribution in [0.4, 0.5) is 0 Å². The number of hydrogen-bond acceptors (Lipinski definition) is 2. The highest BCUT2D eigenvalue weighted by Crippen LogP contribution is 2.17. The van der Waals surface area contributed by atoms with Gasteiger partial charge in [-0.3, -0.25) is 4.79 Å². The summed E-state index contributed by atoms with van der Waals surface area (Å²) in [7, 11) is 0.